The summed E-state index contributed by atoms with van der Waals surface area (Å²) in [6, 6.07) is 7.44. The van der Waals surface area contributed by atoms with Gasteiger partial charge < -0.3 is 10.2 Å². The van der Waals surface area contributed by atoms with Gasteiger partial charge in [-0.1, -0.05) is 19.1 Å². The molecule has 0 spiro atoms. The molecule has 0 aromatic heterocycles. The maximum atomic E-state index is 12.6. The molecular formula is C16H21N3O2. The third kappa shape index (κ3) is 2.60. The number of para-hydroxylation sites is 2. The van der Waals surface area contributed by atoms with Crippen LogP contribution in [0.5, 0.6) is 0 Å². The van der Waals surface area contributed by atoms with E-state index in [9.17, 15) is 9.59 Å². The number of carbonyl (C=O) groups is 2. The normalized spacial score (nSPS) is 21.2. The third-order valence-electron chi connectivity index (χ3n) is 4.25. The molecule has 21 heavy (non-hydrogen) atoms. The van der Waals surface area contributed by atoms with Gasteiger partial charge in [-0.15, -0.1) is 0 Å². The van der Waals surface area contributed by atoms with Gasteiger partial charge in [0.25, 0.3) is 0 Å². The van der Waals surface area contributed by atoms with E-state index in [1.54, 1.807) is 4.90 Å². The molecule has 0 saturated carbocycles. The van der Waals surface area contributed by atoms with Crippen LogP contribution in [0.2, 0.25) is 0 Å². The lowest BCUT2D eigenvalue weighted by Gasteiger charge is -2.35. The number of fused-ring (bicyclic) bond motifs is 1. The number of nitrogens with one attached hydrogen (secondary N) is 1. The molecule has 0 bridgehead atoms. The van der Waals surface area contributed by atoms with E-state index in [2.05, 4.69) is 5.32 Å². The molecule has 0 radical (unpaired) electrons. The fraction of sp³-hybridized carbons (Fsp3) is 0.500. The summed E-state index contributed by atoms with van der Waals surface area (Å²) in [4.78, 5) is 28.4. The molecule has 0 aliphatic carbocycles. The standard InChI is InChI=1S/C16H21N3O2/c1-2-12-16(21)19(11-15(20)18-9-5-6-10-18)14-8-4-3-7-13(14)17-12/h3-4,7-8,12,17H,2,5-6,9-11H2,1H3. The fourth-order valence-electron chi connectivity index (χ4n) is 3.03. The molecule has 1 saturated heterocycles. The maximum absolute atomic E-state index is 12.6. The molecule has 3 rings (SSSR count). The summed E-state index contributed by atoms with van der Waals surface area (Å²) in [5.74, 6) is 0.0381. The number of hydrogen-bond donors (Lipinski definition) is 1. The summed E-state index contributed by atoms with van der Waals surface area (Å²) in [6.07, 6.45) is 2.84. The molecule has 1 aromatic carbocycles. The van der Waals surface area contributed by atoms with Gasteiger partial charge in [0.05, 0.1) is 11.4 Å². The third-order valence-corrected chi connectivity index (χ3v) is 4.25. The molecule has 1 aromatic rings. The maximum Gasteiger partial charge on any atom is 0.250 e. The first-order valence-electron chi connectivity index (χ1n) is 7.65. The molecule has 5 heteroatoms. The van der Waals surface area contributed by atoms with Crippen molar-refractivity contribution in [2.24, 2.45) is 0 Å². The highest BCUT2D eigenvalue weighted by atomic mass is 16.2. The minimum Gasteiger partial charge on any atom is -0.372 e. The molecule has 2 amide bonds. The summed E-state index contributed by atoms with van der Waals surface area (Å²) in [6.45, 7) is 3.76. The smallest absolute Gasteiger partial charge is 0.250 e. The van der Waals surface area contributed by atoms with Crippen molar-refractivity contribution in [1.82, 2.24) is 4.90 Å². The molecule has 2 heterocycles. The Balaban J connectivity index is 1.84. The van der Waals surface area contributed by atoms with Crippen LogP contribution in [0.4, 0.5) is 11.4 Å². The highest BCUT2D eigenvalue weighted by Crippen LogP contribution is 2.31. The Bertz CT molecular complexity index is 552. The molecule has 5 nitrogen and oxygen atoms in total. The van der Waals surface area contributed by atoms with Gasteiger partial charge in [0.15, 0.2) is 0 Å². The van der Waals surface area contributed by atoms with Gasteiger partial charge in [-0.25, -0.2) is 0 Å². The van der Waals surface area contributed by atoms with Crippen molar-refractivity contribution >= 4 is 23.2 Å². The van der Waals surface area contributed by atoms with E-state index in [0.717, 1.165) is 37.3 Å². The van der Waals surface area contributed by atoms with Crippen molar-refractivity contribution in [3.8, 4) is 0 Å². The van der Waals surface area contributed by atoms with Crippen molar-refractivity contribution in [3.63, 3.8) is 0 Å². The van der Waals surface area contributed by atoms with Gasteiger partial charge in [-0.05, 0) is 31.4 Å². The average molecular weight is 287 g/mol. The van der Waals surface area contributed by atoms with Crippen molar-refractivity contribution in [3.05, 3.63) is 24.3 Å². The van der Waals surface area contributed by atoms with Crippen molar-refractivity contribution < 1.29 is 9.59 Å². The van der Waals surface area contributed by atoms with Gasteiger partial charge in [0, 0.05) is 13.1 Å². The Morgan fingerprint density at radius 1 is 1.29 bits per heavy atom. The SMILES string of the molecule is CCC1Nc2ccccc2N(CC(=O)N2CCCC2)C1=O. The van der Waals surface area contributed by atoms with Crippen LogP contribution in [0.15, 0.2) is 24.3 Å². The number of carbonyl (C=O) groups excluding carboxylic acids is 2. The largest absolute Gasteiger partial charge is 0.372 e. The van der Waals surface area contributed by atoms with Gasteiger partial charge in [-0.3, -0.25) is 14.5 Å². The highest BCUT2D eigenvalue weighted by Gasteiger charge is 2.33. The number of hydrogen-bond acceptors (Lipinski definition) is 3. The molecular weight excluding hydrogens is 266 g/mol. The van der Waals surface area contributed by atoms with Crippen LogP contribution >= 0.6 is 0 Å². The van der Waals surface area contributed by atoms with Crippen molar-refractivity contribution in [2.75, 3.05) is 29.9 Å². The Morgan fingerprint density at radius 2 is 2.00 bits per heavy atom. The quantitative estimate of drug-likeness (QED) is 0.923. The van der Waals surface area contributed by atoms with Crippen LogP contribution in [0.3, 0.4) is 0 Å². The van der Waals surface area contributed by atoms with Gasteiger partial charge in [-0.2, -0.15) is 0 Å². The van der Waals surface area contributed by atoms with Gasteiger partial charge in [0.2, 0.25) is 11.8 Å². The highest BCUT2D eigenvalue weighted by molar-refractivity contribution is 6.07. The summed E-state index contributed by atoms with van der Waals surface area (Å²) in [5.41, 5.74) is 1.73. The first-order chi connectivity index (χ1) is 10.2. The Kier molecular flexibility index (Phi) is 3.82. The Hall–Kier alpha value is -2.04. The van der Waals surface area contributed by atoms with E-state index in [0.29, 0.717) is 6.42 Å². The van der Waals surface area contributed by atoms with Gasteiger partial charge in [0.1, 0.15) is 12.6 Å². The topological polar surface area (TPSA) is 52.7 Å². The molecule has 1 unspecified atom stereocenters. The summed E-state index contributed by atoms with van der Waals surface area (Å²) < 4.78 is 0. The fourth-order valence-corrected chi connectivity index (χ4v) is 3.03. The van der Waals surface area contributed by atoms with E-state index in [1.807, 2.05) is 36.1 Å². The molecule has 1 atom stereocenters. The average Bonchev–Trinajstić information content (AvgIpc) is 3.04. The van der Waals surface area contributed by atoms with Crippen LogP contribution in [0.25, 0.3) is 0 Å². The van der Waals surface area contributed by atoms with Crippen LogP contribution in [-0.4, -0.2) is 42.4 Å². The summed E-state index contributed by atoms with van der Waals surface area (Å²) in [7, 11) is 0. The predicted molar refractivity (Wildman–Crippen MR) is 82.3 cm³/mol. The van der Waals surface area contributed by atoms with Gasteiger partial charge >= 0.3 is 0 Å². The van der Waals surface area contributed by atoms with E-state index < -0.39 is 0 Å². The van der Waals surface area contributed by atoms with Crippen LogP contribution in [0, 0.1) is 0 Å². The van der Waals surface area contributed by atoms with Crippen molar-refractivity contribution in [1.29, 1.82) is 0 Å². The lowest BCUT2D eigenvalue weighted by molar-refractivity contribution is -0.130. The first-order valence-corrected chi connectivity index (χ1v) is 7.65. The Labute approximate surface area is 124 Å². The Morgan fingerprint density at radius 3 is 2.71 bits per heavy atom. The van der Waals surface area contributed by atoms with Crippen LogP contribution in [0.1, 0.15) is 26.2 Å². The predicted octanol–water partition coefficient (Wildman–Crippen LogP) is 1.85. The molecule has 2 aliphatic heterocycles. The second kappa shape index (κ2) is 5.76. The number of rotatable bonds is 3. The summed E-state index contributed by atoms with van der Waals surface area (Å²) in [5, 5.41) is 3.25. The summed E-state index contributed by atoms with van der Waals surface area (Å²) >= 11 is 0. The molecule has 1 N–H and O–H groups in total. The zero-order valence-corrected chi connectivity index (χ0v) is 12.3. The van der Waals surface area contributed by atoms with Crippen LogP contribution < -0.4 is 10.2 Å². The zero-order chi connectivity index (χ0) is 14.8. The minimum atomic E-state index is -0.244. The number of nitrogens with zero attached hydrogens (tertiary/aromatic N) is 2. The number of anilines is 2. The zero-order valence-electron chi connectivity index (χ0n) is 12.3. The van der Waals surface area contributed by atoms with E-state index in [1.165, 1.54) is 0 Å². The number of amides is 2. The minimum absolute atomic E-state index is 0.0104. The second-order valence-corrected chi connectivity index (χ2v) is 5.63. The van der Waals surface area contributed by atoms with E-state index in [-0.39, 0.29) is 24.4 Å². The second-order valence-electron chi connectivity index (χ2n) is 5.63. The van der Waals surface area contributed by atoms with E-state index in [4.69, 9.17) is 0 Å². The monoisotopic (exact) mass is 287 g/mol. The lowest BCUT2D eigenvalue weighted by atomic mass is 10.1. The first kappa shape index (κ1) is 13.9. The number of likely N-dealkylation sites (tertiary alicyclic amines) is 1. The van der Waals surface area contributed by atoms with Crippen LogP contribution in [-0.2, 0) is 9.59 Å². The van der Waals surface area contributed by atoms with E-state index >= 15 is 0 Å². The van der Waals surface area contributed by atoms with Crippen molar-refractivity contribution in [2.45, 2.75) is 32.2 Å². The molecule has 112 valence electrons. The lowest BCUT2D eigenvalue weighted by Crippen LogP contribution is -2.50. The molecule has 1 fully saturated rings. The number of benzene rings is 1. The molecule has 2 aliphatic rings.